The van der Waals surface area contributed by atoms with Gasteiger partial charge in [-0.2, -0.15) is 0 Å². The van der Waals surface area contributed by atoms with Crippen molar-refractivity contribution in [2.45, 2.75) is 20.1 Å². The molecule has 0 atom stereocenters. The van der Waals surface area contributed by atoms with Crippen molar-refractivity contribution in [2.75, 3.05) is 5.32 Å². The van der Waals surface area contributed by atoms with E-state index in [0.29, 0.717) is 5.69 Å². The first-order chi connectivity index (χ1) is 11.0. The molecule has 23 heavy (non-hydrogen) atoms. The average Bonchev–Trinajstić information content (AvgIpc) is 2.55. The smallest absolute Gasteiger partial charge is 0.319 e. The van der Waals surface area contributed by atoms with Crippen LogP contribution >= 0.6 is 0 Å². The van der Waals surface area contributed by atoms with Crippen LogP contribution in [0, 0.1) is 17.0 Å². The van der Waals surface area contributed by atoms with Gasteiger partial charge < -0.3 is 15.7 Å². The third-order valence-corrected chi connectivity index (χ3v) is 3.41. The molecule has 2 aromatic carbocycles. The number of aliphatic hydroxyl groups is 1. The number of nitro groups is 1. The van der Waals surface area contributed by atoms with E-state index in [9.17, 15) is 20.0 Å². The van der Waals surface area contributed by atoms with E-state index in [1.54, 1.807) is 19.1 Å². The maximum absolute atomic E-state index is 12.0. The van der Waals surface area contributed by atoms with Crippen molar-refractivity contribution in [3.63, 3.8) is 0 Å². The largest absolute Gasteiger partial charge is 0.392 e. The molecule has 0 aromatic heterocycles. The number of nitro benzene ring substituents is 1. The van der Waals surface area contributed by atoms with Gasteiger partial charge in [0.1, 0.15) is 0 Å². The normalized spacial score (nSPS) is 10.2. The van der Waals surface area contributed by atoms with Crippen molar-refractivity contribution in [2.24, 2.45) is 0 Å². The Morgan fingerprint density at radius 3 is 2.57 bits per heavy atom. The van der Waals surface area contributed by atoms with Crippen LogP contribution in [-0.4, -0.2) is 16.1 Å². The molecule has 0 aliphatic carbocycles. The fourth-order valence-electron chi connectivity index (χ4n) is 2.08. The third-order valence-electron chi connectivity index (χ3n) is 3.41. The van der Waals surface area contributed by atoms with Crippen LogP contribution in [0.15, 0.2) is 42.5 Å². The number of carbonyl (C=O) groups excluding carboxylic acids is 1. The molecule has 0 aliphatic heterocycles. The maximum Gasteiger partial charge on any atom is 0.319 e. The number of aliphatic hydroxyl groups excluding tert-OH is 1. The molecule has 0 unspecified atom stereocenters. The molecule has 0 saturated heterocycles. The predicted molar refractivity (Wildman–Crippen MR) is 86.1 cm³/mol. The van der Waals surface area contributed by atoms with E-state index in [-0.39, 0.29) is 18.8 Å². The molecule has 3 N–H and O–H groups in total. The maximum atomic E-state index is 12.0. The molecular formula is C16H17N3O4. The standard InChI is InChI=1S/C16H17N3O4/c1-11-6-7-14(19(22)23)8-15(11)18-16(21)17-9-12-4-2-3-5-13(12)10-20/h2-8,20H,9-10H2,1H3,(H2,17,18,21). The molecule has 120 valence electrons. The Morgan fingerprint density at radius 1 is 1.22 bits per heavy atom. The van der Waals surface area contributed by atoms with Crippen molar-refractivity contribution >= 4 is 17.4 Å². The zero-order valence-electron chi connectivity index (χ0n) is 12.6. The quantitative estimate of drug-likeness (QED) is 0.583. The molecule has 7 heteroatoms. The van der Waals surface area contributed by atoms with Crippen LogP contribution in [0.3, 0.4) is 0 Å². The van der Waals surface area contributed by atoms with E-state index in [1.807, 2.05) is 18.2 Å². The van der Waals surface area contributed by atoms with E-state index in [2.05, 4.69) is 10.6 Å². The molecule has 0 fully saturated rings. The summed E-state index contributed by atoms with van der Waals surface area (Å²) in [4.78, 5) is 22.2. The second-order valence-electron chi connectivity index (χ2n) is 4.99. The number of non-ortho nitro benzene ring substituents is 1. The van der Waals surface area contributed by atoms with E-state index in [0.717, 1.165) is 16.7 Å². The zero-order chi connectivity index (χ0) is 16.8. The second-order valence-corrected chi connectivity index (χ2v) is 4.99. The monoisotopic (exact) mass is 315 g/mol. The lowest BCUT2D eigenvalue weighted by molar-refractivity contribution is -0.384. The van der Waals surface area contributed by atoms with Gasteiger partial charge in [-0.1, -0.05) is 30.3 Å². The highest BCUT2D eigenvalue weighted by Crippen LogP contribution is 2.21. The van der Waals surface area contributed by atoms with Gasteiger partial charge in [-0.05, 0) is 23.6 Å². The third kappa shape index (κ3) is 4.27. The molecule has 0 heterocycles. The first kappa shape index (κ1) is 16.4. The highest BCUT2D eigenvalue weighted by atomic mass is 16.6. The van der Waals surface area contributed by atoms with E-state index < -0.39 is 11.0 Å². The number of hydrogen-bond donors (Lipinski definition) is 3. The minimum atomic E-state index is -0.514. The summed E-state index contributed by atoms with van der Waals surface area (Å²) in [5.41, 5.74) is 2.56. The molecule has 2 amide bonds. The molecule has 0 aliphatic rings. The van der Waals surface area contributed by atoms with Crippen molar-refractivity contribution in [1.82, 2.24) is 5.32 Å². The number of urea groups is 1. The number of carbonyl (C=O) groups is 1. The van der Waals surface area contributed by atoms with E-state index in [1.165, 1.54) is 12.1 Å². The van der Waals surface area contributed by atoms with Gasteiger partial charge in [0.15, 0.2) is 0 Å². The number of nitrogens with one attached hydrogen (secondary N) is 2. The van der Waals surface area contributed by atoms with Crippen LogP contribution in [0.2, 0.25) is 0 Å². The highest BCUT2D eigenvalue weighted by molar-refractivity contribution is 5.90. The Hall–Kier alpha value is -2.93. The van der Waals surface area contributed by atoms with Gasteiger partial charge >= 0.3 is 6.03 Å². The Morgan fingerprint density at radius 2 is 1.91 bits per heavy atom. The number of benzene rings is 2. The lowest BCUT2D eigenvalue weighted by Gasteiger charge is -2.11. The number of anilines is 1. The van der Waals surface area contributed by atoms with Crippen LogP contribution in [0.25, 0.3) is 0 Å². The molecule has 0 saturated carbocycles. The Kier molecular flexibility index (Phi) is 5.27. The van der Waals surface area contributed by atoms with Gasteiger partial charge in [-0.15, -0.1) is 0 Å². The van der Waals surface area contributed by atoms with Gasteiger partial charge in [0.05, 0.1) is 17.2 Å². The van der Waals surface area contributed by atoms with Crippen molar-refractivity contribution in [1.29, 1.82) is 0 Å². The van der Waals surface area contributed by atoms with Crippen LogP contribution < -0.4 is 10.6 Å². The summed E-state index contributed by atoms with van der Waals surface area (Å²) in [6, 6.07) is 11.0. The minimum Gasteiger partial charge on any atom is -0.392 e. The average molecular weight is 315 g/mol. The molecule has 0 spiro atoms. The minimum absolute atomic E-state index is 0.0865. The number of nitrogens with zero attached hydrogens (tertiary/aromatic N) is 1. The molecule has 0 bridgehead atoms. The van der Waals surface area contributed by atoms with Gasteiger partial charge in [0.2, 0.25) is 0 Å². The predicted octanol–water partition coefficient (Wildman–Crippen LogP) is 2.72. The van der Waals surface area contributed by atoms with Crippen LogP contribution in [-0.2, 0) is 13.2 Å². The van der Waals surface area contributed by atoms with Crippen molar-refractivity contribution in [3.05, 3.63) is 69.3 Å². The first-order valence-electron chi connectivity index (χ1n) is 6.99. The van der Waals surface area contributed by atoms with Gasteiger partial charge in [-0.3, -0.25) is 10.1 Å². The molecule has 7 nitrogen and oxygen atoms in total. The first-order valence-corrected chi connectivity index (χ1v) is 6.99. The van der Waals surface area contributed by atoms with Crippen LogP contribution in [0.1, 0.15) is 16.7 Å². The van der Waals surface area contributed by atoms with Gasteiger partial charge in [0, 0.05) is 18.7 Å². The lowest BCUT2D eigenvalue weighted by atomic mass is 10.1. The Bertz CT molecular complexity index is 731. The Balaban J connectivity index is 2.02. The summed E-state index contributed by atoms with van der Waals surface area (Å²) in [7, 11) is 0. The van der Waals surface area contributed by atoms with Crippen LogP contribution in [0.5, 0.6) is 0 Å². The fourth-order valence-corrected chi connectivity index (χ4v) is 2.08. The topological polar surface area (TPSA) is 105 Å². The summed E-state index contributed by atoms with van der Waals surface area (Å²) in [5, 5.41) is 25.3. The number of rotatable bonds is 5. The number of aryl methyl sites for hydroxylation is 1. The SMILES string of the molecule is Cc1ccc([N+](=O)[O-])cc1NC(=O)NCc1ccccc1CO. The van der Waals surface area contributed by atoms with Crippen LogP contribution in [0.4, 0.5) is 16.2 Å². The fraction of sp³-hybridized carbons (Fsp3) is 0.188. The summed E-state index contributed by atoms with van der Waals surface area (Å²) in [5.74, 6) is 0. The van der Waals surface area contributed by atoms with E-state index in [4.69, 9.17) is 0 Å². The molecule has 2 rings (SSSR count). The number of amides is 2. The summed E-state index contributed by atoms with van der Waals surface area (Å²) in [6.45, 7) is 1.89. The zero-order valence-corrected chi connectivity index (χ0v) is 12.6. The second kappa shape index (κ2) is 7.37. The summed E-state index contributed by atoms with van der Waals surface area (Å²) < 4.78 is 0. The van der Waals surface area contributed by atoms with Gasteiger partial charge in [-0.25, -0.2) is 4.79 Å². The lowest BCUT2D eigenvalue weighted by Crippen LogP contribution is -2.28. The van der Waals surface area contributed by atoms with Gasteiger partial charge in [0.25, 0.3) is 5.69 Å². The molecule has 0 radical (unpaired) electrons. The molecular weight excluding hydrogens is 298 g/mol. The summed E-state index contributed by atoms with van der Waals surface area (Å²) in [6.07, 6.45) is 0. The Labute approximate surface area is 133 Å². The summed E-state index contributed by atoms with van der Waals surface area (Å²) >= 11 is 0. The molecule has 2 aromatic rings. The van der Waals surface area contributed by atoms with Crippen molar-refractivity contribution in [3.8, 4) is 0 Å². The van der Waals surface area contributed by atoms with E-state index >= 15 is 0 Å². The van der Waals surface area contributed by atoms with Crippen molar-refractivity contribution < 1.29 is 14.8 Å². The highest BCUT2D eigenvalue weighted by Gasteiger charge is 2.11. The number of hydrogen-bond acceptors (Lipinski definition) is 4.